The molecule has 0 N–H and O–H groups in total. The van der Waals surface area contributed by atoms with Crippen molar-refractivity contribution in [3.05, 3.63) is 137 Å². The van der Waals surface area contributed by atoms with E-state index in [4.69, 9.17) is 16.6 Å². The molecule has 0 aliphatic rings. The van der Waals surface area contributed by atoms with E-state index in [9.17, 15) is 0 Å². The highest BCUT2D eigenvalue weighted by molar-refractivity contribution is 6.31. The second-order valence-electron chi connectivity index (χ2n) is 7.03. The van der Waals surface area contributed by atoms with E-state index in [1.54, 1.807) is 0 Å². The Labute approximate surface area is 175 Å². The first kappa shape index (κ1) is 17.7. The van der Waals surface area contributed by atoms with E-state index in [1.807, 2.05) is 54.9 Å². The first-order valence-corrected chi connectivity index (χ1v) is 9.98. The Kier molecular flexibility index (Phi) is 4.42. The van der Waals surface area contributed by atoms with Crippen LogP contribution < -0.4 is 0 Å². The van der Waals surface area contributed by atoms with E-state index in [1.165, 1.54) is 0 Å². The fourth-order valence-electron chi connectivity index (χ4n) is 4.23. The molecule has 0 bridgehead atoms. The van der Waals surface area contributed by atoms with Crippen LogP contribution in [0.1, 0.15) is 16.7 Å². The van der Waals surface area contributed by atoms with Crippen LogP contribution in [-0.4, -0.2) is 9.55 Å². The Balaban J connectivity index is 1.99. The van der Waals surface area contributed by atoms with Crippen molar-refractivity contribution in [1.29, 1.82) is 0 Å². The summed E-state index contributed by atoms with van der Waals surface area (Å²) in [5.41, 5.74) is 4.62. The molecular formula is C26H19ClN2. The molecular weight excluding hydrogens is 376 g/mol. The van der Waals surface area contributed by atoms with Gasteiger partial charge in [-0.1, -0.05) is 103 Å². The Morgan fingerprint density at radius 1 is 0.621 bits per heavy atom. The second kappa shape index (κ2) is 7.23. The van der Waals surface area contributed by atoms with Gasteiger partial charge >= 0.3 is 0 Å². The number of halogens is 1. The minimum atomic E-state index is -0.656. The standard InChI is InChI=1S/C26H19ClN2/c27-23-16-8-7-15-22(23)26(20-11-3-1-4-12-20,21-13-5-2-6-14-21)29-19-28-24-17-9-10-18-25(24)29/h1-19H. The topological polar surface area (TPSA) is 17.8 Å². The van der Waals surface area contributed by atoms with Crippen LogP contribution in [0.5, 0.6) is 0 Å². The largest absolute Gasteiger partial charge is 0.312 e. The normalized spacial score (nSPS) is 11.6. The average molecular weight is 395 g/mol. The summed E-state index contributed by atoms with van der Waals surface area (Å²) in [7, 11) is 0. The summed E-state index contributed by atoms with van der Waals surface area (Å²) in [5.74, 6) is 0. The summed E-state index contributed by atoms with van der Waals surface area (Å²) < 4.78 is 2.24. The fraction of sp³-hybridized carbons (Fsp3) is 0.0385. The number of benzene rings is 4. The van der Waals surface area contributed by atoms with E-state index in [0.717, 1.165) is 32.7 Å². The molecule has 3 heteroatoms. The molecule has 140 valence electrons. The smallest absolute Gasteiger partial charge is 0.123 e. The number of aromatic nitrogens is 2. The number of imidazole rings is 1. The predicted molar refractivity (Wildman–Crippen MR) is 119 cm³/mol. The van der Waals surface area contributed by atoms with Crippen LogP contribution in [-0.2, 0) is 5.54 Å². The summed E-state index contributed by atoms with van der Waals surface area (Å²) in [6, 6.07) is 37.3. The molecule has 0 saturated heterocycles. The lowest BCUT2D eigenvalue weighted by molar-refractivity contribution is 0.530. The van der Waals surface area contributed by atoms with Gasteiger partial charge in [0.15, 0.2) is 0 Å². The number of hydrogen-bond donors (Lipinski definition) is 0. The highest BCUT2D eigenvalue weighted by atomic mass is 35.5. The molecule has 0 unspecified atom stereocenters. The van der Waals surface area contributed by atoms with Crippen LogP contribution >= 0.6 is 11.6 Å². The van der Waals surface area contributed by atoms with Gasteiger partial charge in [-0.3, -0.25) is 0 Å². The minimum absolute atomic E-state index is 0.656. The molecule has 0 saturated carbocycles. The van der Waals surface area contributed by atoms with Gasteiger partial charge in [-0.2, -0.15) is 0 Å². The van der Waals surface area contributed by atoms with Crippen molar-refractivity contribution < 1.29 is 0 Å². The summed E-state index contributed by atoms with van der Waals surface area (Å²) in [6.45, 7) is 0. The van der Waals surface area contributed by atoms with Gasteiger partial charge in [0.05, 0.1) is 17.4 Å². The van der Waals surface area contributed by atoms with Crippen LogP contribution in [0.25, 0.3) is 11.0 Å². The molecule has 0 aliphatic heterocycles. The van der Waals surface area contributed by atoms with Gasteiger partial charge < -0.3 is 4.57 Å². The van der Waals surface area contributed by atoms with E-state index in [-0.39, 0.29) is 0 Å². The molecule has 0 spiro atoms. The first-order chi connectivity index (χ1) is 14.3. The third-order valence-electron chi connectivity index (χ3n) is 5.46. The summed E-state index contributed by atoms with van der Waals surface area (Å²) in [6.07, 6.45) is 1.92. The number of para-hydroxylation sites is 2. The van der Waals surface area contributed by atoms with E-state index in [2.05, 4.69) is 65.2 Å². The zero-order chi connectivity index (χ0) is 19.7. The molecule has 5 rings (SSSR count). The monoisotopic (exact) mass is 394 g/mol. The Morgan fingerprint density at radius 3 is 1.83 bits per heavy atom. The molecule has 4 aromatic carbocycles. The van der Waals surface area contributed by atoms with Crippen LogP contribution in [0.4, 0.5) is 0 Å². The van der Waals surface area contributed by atoms with Gasteiger partial charge in [-0.25, -0.2) is 4.98 Å². The van der Waals surface area contributed by atoms with Crippen LogP contribution in [0, 0.1) is 0 Å². The van der Waals surface area contributed by atoms with Crippen molar-refractivity contribution in [3.8, 4) is 0 Å². The van der Waals surface area contributed by atoms with Gasteiger partial charge in [0.1, 0.15) is 5.54 Å². The van der Waals surface area contributed by atoms with Gasteiger partial charge in [-0.05, 0) is 29.3 Å². The molecule has 5 aromatic rings. The third kappa shape index (κ3) is 2.76. The molecule has 1 aromatic heterocycles. The lowest BCUT2D eigenvalue weighted by Crippen LogP contribution is -2.37. The lowest BCUT2D eigenvalue weighted by Gasteiger charge is -2.38. The SMILES string of the molecule is Clc1ccccc1C(c1ccccc1)(c1ccccc1)n1cnc2ccccc21. The van der Waals surface area contributed by atoms with Gasteiger partial charge in [-0.15, -0.1) is 0 Å². The Hall–Kier alpha value is -3.36. The third-order valence-corrected chi connectivity index (χ3v) is 5.79. The van der Waals surface area contributed by atoms with Crippen LogP contribution in [0.15, 0.2) is 116 Å². The van der Waals surface area contributed by atoms with Crippen molar-refractivity contribution in [2.75, 3.05) is 0 Å². The highest BCUT2D eigenvalue weighted by Gasteiger charge is 2.40. The van der Waals surface area contributed by atoms with Crippen molar-refractivity contribution in [2.45, 2.75) is 5.54 Å². The zero-order valence-corrected chi connectivity index (χ0v) is 16.5. The maximum absolute atomic E-state index is 6.84. The molecule has 2 nitrogen and oxygen atoms in total. The fourth-order valence-corrected chi connectivity index (χ4v) is 4.50. The molecule has 0 radical (unpaired) electrons. The number of rotatable bonds is 4. The first-order valence-electron chi connectivity index (χ1n) is 9.60. The van der Waals surface area contributed by atoms with E-state index < -0.39 is 5.54 Å². The predicted octanol–water partition coefficient (Wildman–Crippen LogP) is 6.53. The van der Waals surface area contributed by atoms with Crippen LogP contribution in [0.3, 0.4) is 0 Å². The summed E-state index contributed by atoms with van der Waals surface area (Å²) in [4.78, 5) is 4.71. The van der Waals surface area contributed by atoms with Crippen molar-refractivity contribution in [2.24, 2.45) is 0 Å². The van der Waals surface area contributed by atoms with Gasteiger partial charge in [0, 0.05) is 10.6 Å². The van der Waals surface area contributed by atoms with E-state index in [0.29, 0.717) is 0 Å². The lowest BCUT2D eigenvalue weighted by atomic mass is 9.76. The molecule has 0 amide bonds. The maximum atomic E-state index is 6.84. The van der Waals surface area contributed by atoms with Crippen molar-refractivity contribution in [1.82, 2.24) is 9.55 Å². The van der Waals surface area contributed by atoms with Gasteiger partial charge in [0.25, 0.3) is 0 Å². The van der Waals surface area contributed by atoms with E-state index >= 15 is 0 Å². The summed E-state index contributed by atoms with van der Waals surface area (Å²) >= 11 is 6.84. The van der Waals surface area contributed by atoms with Crippen molar-refractivity contribution in [3.63, 3.8) is 0 Å². The molecule has 1 heterocycles. The Bertz CT molecular complexity index is 1220. The average Bonchev–Trinajstić information content (AvgIpc) is 3.22. The molecule has 0 atom stereocenters. The molecule has 0 aliphatic carbocycles. The summed E-state index contributed by atoms with van der Waals surface area (Å²) in [5, 5.41) is 0.720. The van der Waals surface area contributed by atoms with Crippen LogP contribution in [0.2, 0.25) is 5.02 Å². The second-order valence-corrected chi connectivity index (χ2v) is 7.43. The number of nitrogens with zero attached hydrogens (tertiary/aromatic N) is 2. The minimum Gasteiger partial charge on any atom is -0.312 e. The maximum Gasteiger partial charge on any atom is 0.123 e. The zero-order valence-electron chi connectivity index (χ0n) is 15.7. The molecule has 0 fully saturated rings. The van der Waals surface area contributed by atoms with Gasteiger partial charge in [0.2, 0.25) is 0 Å². The number of hydrogen-bond acceptors (Lipinski definition) is 1. The number of fused-ring (bicyclic) bond motifs is 1. The van der Waals surface area contributed by atoms with Crippen molar-refractivity contribution >= 4 is 22.6 Å². The highest BCUT2D eigenvalue weighted by Crippen LogP contribution is 2.44. The molecule has 29 heavy (non-hydrogen) atoms. The quantitative estimate of drug-likeness (QED) is 0.317. The Morgan fingerprint density at radius 2 is 1.17 bits per heavy atom.